The predicted molar refractivity (Wildman–Crippen MR) is 105 cm³/mol. The molecule has 0 spiro atoms. The molecular formula is C22H24N2O2. The minimum atomic E-state index is 0.0731. The van der Waals surface area contributed by atoms with E-state index in [1.54, 1.807) is 0 Å². The molecule has 0 bridgehead atoms. The van der Waals surface area contributed by atoms with Gasteiger partial charge in [0, 0.05) is 43.3 Å². The van der Waals surface area contributed by atoms with Gasteiger partial charge in [0.2, 0.25) is 0 Å². The Hall–Kier alpha value is -2.75. The lowest BCUT2D eigenvalue weighted by atomic mass is 10.1. The van der Waals surface area contributed by atoms with Crippen LogP contribution in [0.1, 0.15) is 22.5 Å². The Morgan fingerprint density at radius 3 is 2.81 bits per heavy atom. The maximum Gasteiger partial charge on any atom is 0.253 e. The smallest absolute Gasteiger partial charge is 0.253 e. The van der Waals surface area contributed by atoms with Crippen molar-refractivity contribution in [1.82, 2.24) is 4.90 Å². The number of carbonyl (C=O) groups excluding carboxylic acids is 1. The van der Waals surface area contributed by atoms with Crippen molar-refractivity contribution in [3.63, 3.8) is 0 Å². The molecule has 1 aliphatic heterocycles. The van der Waals surface area contributed by atoms with E-state index in [0.717, 1.165) is 48.3 Å². The molecule has 0 N–H and O–H groups in total. The highest BCUT2D eigenvalue weighted by molar-refractivity contribution is 5.97. The number of furan rings is 1. The van der Waals surface area contributed by atoms with Crippen LogP contribution in [0.25, 0.3) is 11.0 Å². The van der Waals surface area contributed by atoms with E-state index in [0.29, 0.717) is 5.92 Å². The van der Waals surface area contributed by atoms with E-state index in [1.807, 2.05) is 49.2 Å². The van der Waals surface area contributed by atoms with E-state index in [9.17, 15) is 4.79 Å². The molecule has 0 saturated carbocycles. The summed E-state index contributed by atoms with van der Waals surface area (Å²) < 4.78 is 5.59. The molecule has 26 heavy (non-hydrogen) atoms. The first-order valence-electron chi connectivity index (χ1n) is 9.16. The molecule has 1 aromatic heterocycles. The van der Waals surface area contributed by atoms with Gasteiger partial charge in [-0.3, -0.25) is 4.79 Å². The summed E-state index contributed by atoms with van der Waals surface area (Å²) in [4.78, 5) is 17.1. The van der Waals surface area contributed by atoms with Gasteiger partial charge in [-0.25, -0.2) is 0 Å². The number of hydrogen-bond acceptors (Lipinski definition) is 3. The first-order valence-corrected chi connectivity index (χ1v) is 9.16. The number of aryl methyl sites for hydroxylation is 1. The molecule has 2 heterocycles. The molecule has 1 atom stereocenters. The van der Waals surface area contributed by atoms with Crippen LogP contribution in [-0.2, 0) is 0 Å². The largest absolute Gasteiger partial charge is 0.461 e. The number of rotatable bonds is 4. The summed E-state index contributed by atoms with van der Waals surface area (Å²) in [5, 5.41) is 0.984. The van der Waals surface area contributed by atoms with Gasteiger partial charge in [-0.15, -0.1) is 0 Å². The SMILES string of the molecule is Cc1cc2cc(C(=O)N(C)C[C@@H]3CCN(c4ccccc4)C3)ccc2o1. The van der Waals surface area contributed by atoms with Gasteiger partial charge in [-0.2, -0.15) is 0 Å². The van der Waals surface area contributed by atoms with Crippen LogP contribution < -0.4 is 4.90 Å². The Labute approximate surface area is 154 Å². The van der Waals surface area contributed by atoms with Crippen LogP contribution in [0.3, 0.4) is 0 Å². The van der Waals surface area contributed by atoms with Crippen LogP contribution in [0.15, 0.2) is 59.0 Å². The van der Waals surface area contributed by atoms with E-state index in [1.165, 1.54) is 5.69 Å². The van der Waals surface area contributed by atoms with Gasteiger partial charge in [0.1, 0.15) is 11.3 Å². The van der Waals surface area contributed by atoms with Gasteiger partial charge in [0.05, 0.1) is 0 Å². The molecule has 0 unspecified atom stereocenters. The molecule has 1 saturated heterocycles. The summed E-state index contributed by atoms with van der Waals surface area (Å²) >= 11 is 0. The van der Waals surface area contributed by atoms with Crippen molar-refractivity contribution in [2.24, 2.45) is 5.92 Å². The Morgan fingerprint density at radius 2 is 2.00 bits per heavy atom. The second-order valence-corrected chi connectivity index (χ2v) is 7.23. The van der Waals surface area contributed by atoms with Crippen molar-refractivity contribution in [2.45, 2.75) is 13.3 Å². The van der Waals surface area contributed by atoms with E-state index >= 15 is 0 Å². The molecule has 3 aromatic rings. The third-order valence-electron chi connectivity index (χ3n) is 5.17. The highest BCUT2D eigenvalue weighted by atomic mass is 16.3. The van der Waals surface area contributed by atoms with Crippen molar-refractivity contribution in [3.05, 3.63) is 65.9 Å². The summed E-state index contributed by atoms with van der Waals surface area (Å²) in [6.07, 6.45) is 1.12. The fourth-order valence-corrected chi connectivity index (χ4v) is 3.85. The Bertz CT molecular complexity index is 916. The standard InChI is InChI=1S/C22H24N2O2/c1-16-12-19-13-18(8-9-21(19)26-16)22(25)23(2)14-17-10-11-24(15-17)20-6-4-3-5-7-20/h3-9,12-13,17H,10-11,14-15H2,1-2H3/t17-/m0/s1. The number of para-hydroxylation sites is 1. The normalized spacial score (nSPS) is 17.0. The lowest BCUT2D eigenvalue weighted by Crippen LogP contribution is -2.33. The van der Waals surface area contributed by atoms with Gasteiger partial charge < -0.3 is 14.2 Å². The Kier molecular flexibility index (Phi) is 4.41. The third-order valence-corrected chi connectivity index (χ3v) is 5.17. The van der Waals surface area contributed by atoms with E-state index in [-0.39, 0.29) is 5.91 Å². The molecule has 2 aromatic carbocycles. The molecule has 4 nitrogen and oxygen atoms in total. The first kappa shape index (κ1) is 16.7. The Balaban J connectivity index is 1.41. The number of hydrogen-bond donors (Lipinski definition) is 0. The third kappa shape index (κ3) is 3.32. The van der Waals surface area contributed by atoms with Crippen molar-refractivity contribution < 1.29 is 9.21 Å². The topological polar surface area (TPSA) is 36.7 Å². The average molecular weight is 348 g/mol. The molecule has 0 aliphatic carbocycles. The zero-order valence-corrected chi connectivity index (χ0v) is 15.3. The van der Waals surface area contributed by atoms with Crippen molar-refractivity contribution in [1.29, 1.82) is 0 Å². The zero-order valence-electron chi connectivity index (χ0n) is 15.3. The number of fused-ring (bicyclic) bond motifs is 1. The summed E-state index contributed by atoms with van der Waals surface area (Å²) in [5.74, 6) is 1.44. The van der Waals surface area contributed by atoms with Gasteiger partial charge in [0.15, 0.2) is 0 Å². The first-order chi connectivity index (χ1) is 12.6. The lowest BCUT2D eigenvalue weighted by Gasteiger charge is -2.22. The number of nitrogens with zero attached hydrogens (tertiary/aromatic N) is 2. The fraction of sp³-hybridized carbons (Fsp3) is 0.318. The maximum atomic E-state index is 12.8. The van der Waals surface area contributed by atoms with Crippen LogP contribution >= 0.6 is 0 Å². The van der Waals surface area contributed by atoms with E-state index in [4.69, 9.17) is 4.42 Å². The minimum absolute atomic E-state index is 0.0731. The summed E-state index contributed by atoms with van der Waals surface area (Å²) in [7, 11) is 1.90. The van der Waals surface area contributed by atoms with E-state index in [2.05, 4.69) is 29.2 Å². The fourth-order valence-electron chi connectivity index (χ4n) is 3.85. The van der Waals surface area contributed by atoms with Gasteiger partial charge in [-0.05, 0) is 55.7 Å². The van der Waals surface area contributed by atoms with Crippen LogP contribution in [0.5, 0.6) is 0 Å². The molecule has 4 heteroatoms. The minimum Gasteiger partial charge on any atom is -0.461 e. The van der Waals surface area contributed by atoms with Crippen LogP contribution in [-0.4, -0.2) is 37.5 Å². The van der Waals surface area contributed by atoms with Crippen molar-refractivity contribution in [3.8, 4) is 0 Å². The highest BCUT2D eigenvalue weighted by Gasteiger charge is 2.25. The number of amides is 1. The number of anilines is 1. The van der Waals surface area contributed by atoms with Crippen LogP contribution in [0.2, 0.25) is 0 Å². The molecule has 0 radical (unpaired) electrons. The van der Waals surface area contributed by atoms with Crippen molar-refractivity contribution >= 4 is 22.6 Å². The molecular weight excluding hydrogens is 324 g/mol. The summed E-state index contributed by atoms with van der Waals surface area (Å²) in [6, 6.07) is 18.1. The monoisotopic (exact) mass is 348 g/mol. The van der Waals surface area contributed by atoms with Crippen LogP contribution in [0.4, 0.5) is 5.69 Å². The van der Waals surface area contributed by atoms with Gasteiger partial charge in [-0.1, -0.05) is 18.2 Å². The van der Waals surface area contributed by atoms with Crippen LogP contribution in [0, 0.1) is 12.8 Å². The summed E-state index contributed by atoms with van der Waals surface area (Å²) in [5.41, 5.74) is 2.82. The number of benzene rings is 2. The molecule has 1 amide bonds. The summed E-state index contributed by atoms with van der Waals surface area (Å²) in [6.45, 7) is 4.76. The maximum absolute atomic E-state index is 12.8. The van der Waals surface area contributed by atoms with Gasteiger partial charge in [0.25, 0.3) is 5.91 Å². The second-order valence-electron chi connectivity index (χ2n) is 7.23. The van der Waals surface area contributed by atoms with E-state index < -0.39 is 0 Å². The average Bonchev–Trinajstić information content (AvgIpc) is 3.26. The molecule has 1 aliphatic rings. The Morgan fingerprint density at radius 1 is 1.19 bits per heavy atom. The lowest BCUT2D eigenvalue weighted by molar-refractivity contribution is 0.0776. The highest BCUT2D eigenvalue weighted by Crippen LogP contribution is 2.25. The number of carbonyl (C=O) groups is 1. The molecule has 4 rings (SSSR count). The predicted octanol–water partition coefficient (Wildman–Crippen LogP) is 4.34. The molecule has 134 valence electrons. The zero-order chi connectivity index (χ0) is 18.1. The second kappa shape index (κ2) is 6.87. The van der Waals surface area contributed by atoms with Crippen molar-refractivity contribution in [2.75, 3.05) is 31.6 Å². The molecule has 1 fully saturated rings. The quantitative estimate of drug-likeness (QED) is 0.704. The van der Waals surface area contributed by atoms with Gasteiger partial charge >= 0.3 is 0 Å².